The molecule has 0 aliphatic carbocycles. The Balaban J connectivity index is 2.08. The Morgan fingerprint density at radius 2 is 1.38 bits per heavy atom. The van der Waals surface area contributed by atoms with Crippen LogP contribution in [0.15, 0.2) is 79.4 Å². The Labute approximate surface area is 123 Å². The standard InChI is InChI=1S/C20H15N/c1-2-21-19-11-7-6-10-17(19)18-13-12-16(14-20(18)21)15-8-4-3-5-9-15/h2-14H,1H2. The fourth-order valence-electron chi connectivity index (χ4n) is 3.01. The first-order valence-electron chi connectivity index (χ1n) is 7.09. The van der Waals surface area contributed by atoms with Gasteiger partial charge in [-0.05, 0) is 23.3 Å². The van der Waals surface area contributed by atoms with Gasteiger partial charge in [-0.25, -0.2) is 0 Å². The lowest BCUT2D eigenvalue weighted by molar-refractivity contribution is 1.30. The minimum absolute atomic E-state index is 1.20. The van der Waals surface area contributed by atoms with Crippen LogP contribution >= 0.6 is 0 Å². The van der Waals surface area contributed by atoms with Gasteiger partial charge in [-0.1, -0.05) is 67.2 Å². The maximum Gasteiger partial charge on any atom is 0.0540 e. The molecule has 0 saturated carbocycles. The molecule has 0 N–H and O–H groups in total. The van der Waals surface area contributed by atoms with Gasteiger partial charge in [0, 0.05) is 17.0 Å². The van der Waals surface area contributed by atoms with Crippen LogP contribution in [-0.2, 0) is 0 Å². The second kappa shape index (κ2) is 4.64. The van der Waals surface area contributed by atoms with Crippen molar-refractivity contribution < 1.29 is 0 Å². The zero-order chi connectivity index (χ0) is 14.2. The molecule has 0 fully saturated rings. The van der Waals surface area contributed by atoms with Crippen molar-refractivity contribution in [1.82, 2.24) is 4.57 Å². The van der Waals surface area contributed by atoms with Crippen molar-refractivity contribution in [3.05, 3.63) is 79.4 Å². The summed E-state index contributed by atoms with van der Waals surface area (Å²) in [5.41, 5.74) is 4.87. The van der Waals surface area contributed by atoms with Crippen molar-refractivity contribution >= 4 is 28.0 Å². The maximum absolute atomic E-state index is 3.97. The zero-order valence-corrected chi connectivity index (χ0v) is 11.7. The molecule has 0 aliphatic heterocycles. The number of hydrogen-bond acceptors (Lipinski definition) is 0. The number of aromatic nitrogens is 1. The van der Waals surface area contributed by atoms with Gasteiger partial charge in [0.1, 0.15) is 0 Å². The number of hydrogen-bond donors (Lipinski definition) is 0. The molecule has 1 aromatic heterocycles. The Morgan fingerprint density at radius 1 is 0.667 bits per heavy atom. The summed E-state index contributed by atoms with van der Waals surface area (Å²) in [5, 5.41) is 2.54. The van der Waals surface area contributed by atoms with Gasteiger partial charge in [0.25, 0.3) is 0 Å². The van der Waals surface area contributed by atoms with Crippen molar-refractivity contribution in [3.8, 4) is 11.1 Å². The van der Waals surface area contributed by atoms with E-state index in [9.17, 15) is 0 Å². The largest absolute Gasteiger partial charge is 0.317 e. The predicted octanol–water partition coefficient (Wildman–Crippen LogP) is 5.56. The Kier molecular flexibility index (Phi) is 2.65. The highest BCUT2D eigenvalue weighted by molar-refractivity contribution is 6.10. The molecule has 0 bridgehead atoms. The molecule has 0 saturated heterocycles. The first-order chi connectivity index (χ1) is 10.4. The minimum Gasteiger partial charge on any atom is -0.317 e. The monoisotopic (exact) mass is 269 g/mol. The minimum atomic E-state index is 1.20. The average Bonchev–Trinajstić information content (AvgIpc) is 2.88. The van der Waals surface area contributed by atoms with Crippen LogP contribution in [-0.4, -0.2) is 4.57 Å². The first kappa shape index (κ1) is 12.0. The fourth-order valence-corrected chi connectivity index (χ4v) is 3.01. The van der Waals surface area contributed by atoms with E-state index in [0.29, 0.717) is 0 Å². The van der Waals surface area contributed by atoms with E-state index >= 15 is 0 Å². The van der Waals surface area contributed by atoms with Crippen molar-refractivity contribution in [2.45, 2.75) is 0 Å². The highest BCUT2D eigenvalue weighted by atomic mass is 14.9. The number of rotatable bonds is 2. The zero-order valence-electron chi connectivity index (χ0n) is 11.7. The van der Waals surface area contributed by atoms with E-state index in [1.807, 2.05) is 12.3 Å². The topological polar surface area (TPSA) is 4.93 Å². The lowest BCUT2D eigenvalue weighted by atomic mass is 10.0. The summed E-state index contributed by atoms with van der Waals surface area (Å²) in [4.78, 5) is 0. The number of fused-ring (bicyclic) bond motifs is 3. The smallest absolute Gasteiger partial charge is 0.0540 e. The SMILES string of the molecule is C=Cn1c2ccccc2c2ccc(-c3ccccc3)cc21. The predicted molar refractivity (Wildman–Crippen MR) is 91.3 cm³/mol. The van der Waals surface area contributed by atoms with Gasteiger partial charge in [0.2, 0.25) is 0 Å². The molecule has 1 nitrogen and oxygen atoms in total. The van der Waals surface area contributed by atoms with Crippen LogP contribution in [0.2, 0.25) is 0 Å². The van der Waals surface area contributed by atoms with Crippen molar-refractivity contribution in [1.29, 1.82) is 0 Å². The Hall–Kier alpha value is -2.80. The van der Waals surface area contributed by atoms with E-state index in [4.69, 9.17) is 0 Å². The summed E-state index contributed by atoms with van der Waals surface area (Å²) in [7, 11) is 0. The second-order valence-electron chi connectivity index (χ2n) is 5.17. The van der Waals surface area contributed by atoms with Crippen LogP contribution in [0.5, 0.6) is 0 Å². The summed E-state index contributed by atoms with van der Waals surface area (Å²) in [5.74, 6) is 0. The van der Waals surface area contributed by atoms with E-state index in [2.05, 4.69) is 77.9 Å². The molecular formula is C20H15N. The number of nitrogens with zero attached hydrogens (tertiary/aromatic N) is 1. The second-order valence-corrected chi connectivity index (χ2v) is 5.17. The molecule has 3 aromatic carbocycles. The van der Waals surface area contributed by atoms with E-state index in [0.717, 1.165) is 0 Å². The number of benzene rings is 3. The molecule has 4 aromatic rings. The first-order valence-corrected chi connectivity index (χ1v) is 7.09. The summed E-state index contributed by atoms with van der Waals surface area (Å²) in [6, 6.07) is 25.6. The van der Waals surface area contributed by atoms with Gasteiger partial charge in [-0.2, -0.15) is 0 Å². The van der Waals surface area contributed by atoms with Gasteiger partial charge < -0.3 is 4.57 Å². The van der Waals surface area contributed by atoms with E-state index in [1.54, 1.807) is 0 Å². The highest BCUT2D eigenvalue weighted by Crippen LogP contribution is 2.32. The lowest BCUT2D eigenvalue weighted by Crippen LogP contribution is -1.85. The molecule has 1 heteroatoms. The van der Waals surface area contributed by atoms with Crippen molar-refractivity contribution in [2.24, 2.45) is 0 Å². The third-order valence-corrected chi connectivity index (χ3v) is 4.00. The highest BCUT2D eigenvalue weighted by Gasteiger charge is 2.09. The molecule has 0 unspecified atom stereocenters. The van der Waals surface area contributed by atoms with Gasteiger partial charge in [0.05, 0.1) is 11.0 Å². The molecule has 0 radical (unpaired) electrons. The van der Waals surface area contributed by atoms with Gasteiger partial charge in [0.15, 0.2) is 0 Å². The summed E-state index contributed by atoms with van der Waals surface area (Å²) in [6.45, 7) is 3.97. The fraction of sp³-hybridized carbons (Fsp3) is 0. The molecule has 4 rings (SSSR count). The molecule has 0 spiro atoms. The van der Waals surface area contributed by atoms with Crippen LogP contribution < -0.4 is 0 Å². The summed E-state index contributed by atoms with van der Waals surface area (Å²) >= 11 is 0. The van der Waals surface area contributed by atoms with Crippen LogP contribution in [0.1, 0.15) is 0 Å². The summed E-state index contributed by atoms with van der Waals surface area (Å²) in [6.07, 6.45) is 1.89. The van der Waals surface area contributed by atoms with E-state index in [-0.39, 0.29) is 0 Å². The molecule has 1 heterocycles. The van der Waals surface area contributed by atoms with Crippen LogP contribution in [0.25, 0.3) is 39.1 Å². The van der Waals surface area contributed by atoms with Crippen molar-refractivity contribution in [3.63, 3.8) is 0 Å². The molecule has 21 heavy (non-hydrogen) atoms. The van der Waals surface area contributed by atoms with Crippen LogP contribution in [0.3, 0.4) is 0 Å². The van der Waals surface area contributed by atoms with Crippen molar-refractivity contribution in [2.75, 3.05) is 0 Å². The maximum atomic E-state index is 3.97. The van der Waals surface area contributed by atoms with E-state index < -0.39 is 0 Å². The quantitative estimate of drug-likeness (QED) is 0.449. The Bertz CT molecular complexity index is 946. The molecule has 0 amide bonds. The van der Waals surface area contributed by atoms with Gasteiger partial charge in [-0.3, -0.25) is 0 Å². The Morgan fingerprint density at radius 3 is 2.19 bits per heavy atom. The normalized spacial score (nSPS) is 11.0. The van der Waals surface area contributed by atoms with Gasteiger partial charge in [-0.15, -0.1) is 0 Å². The van der Waals surface area contributed by atoms with Crippen LogP contribution in [0, 0.1) is 0 Å². The van der Waals surface area contributed by atoms with E-state index in [1.165, 1.54) is 32.9 Å². The lowest BCUT2D eigenvalue weighted by Gasteiger charge is -2.04. The van der Waals surface area contributed by atoms with Gasteiger partial charge >= 0.3 is 0 Å². The average molecular weight is 269 g/mol. The third-order valence-electron chi connectivity index (χ3n) is 4.00. The third kappa shape index (κ3) is 1.78. The molecular weight excluding hydrogens is 254 g/mol. The summed E-state index contributed by atoms with van der Waals surface area (Å²) < 4.78 is 2.16. The molecule has 0 aliphatic rings. The molecule has 100 valence electrons. The number of para-hydroxylation sites is 1. The molecule has 0 atom stereocenters. The van der Waals surface area contributed by atoms with Crippen LogP contribution in [0.4, 0.5) is 0 Å².